The summed E-state index contributed by atoms with van der Waals surface area (Å²) in [5, 5.41) is 11.5. The van der Waals surface area contributed by atoms with Crippen LogP contribution in [-0.4, -0.2) is 29.2 Å². The number of rotatable bonds is 9. The molecule has 226 valence electrons. The number of non-ortho nitro benzene ring substituents is 1. The second kappa shape index (κ2) is 12.9. The van der Waals surface area contributed by atoms with Gasteiger partial charge in [-0.2, -0.15) is 0 Å². The SMILES string of the molecule is CCOC(=O)C1=C(C)N=c2s/c(=C/c3cc(OC)c(OCc4ccccc4F)cc3Br)c(=O)n2[C@@H]1c1cccc([N+](=O)[O-])c1. The fourth-order valence-corrected chi connectivity index (χ4v) is 6.24. The molecule has 1 aliphatic heterocycles. The van der Waals surface area contributed by atoms with Crippen LogP contribution in [0.4, 0.5) is 10.1 Å². The third-order valence-electron chi connectivity index (χ3n) is 6.82. The molecule has 13 heteroatoms. The van der Waals surface area contributed by atoms with Crippen molar-refractivity contribution >= 4 is 45.0 Å². The Balaban J connectivity index is 1.60. The molecule has 1 aromatic heterocycles. The van der Waals surface area contributed by atoms with Crippen LogP contribution in [0.25, 0.3) is 6.08 Å². The lowest BCUT2D eigenvalue weighted by molar-refractivity contribution is -0.384. The highest BCUT2D eigenvalue weighted by Crippen LogP contribution is 2.35. The highest BCUT2D eigenvalue weighted by molar-refractivity contribution is 9.10. The van der Waals surface area contributed by atoms with Gasteiger partial charge < -0.3 is 14.2 Å². The summed E-state index contributed by atoms with van der Waals surface area (Å²) in [5.74, 6) is -0.333. The Hall–Kier alpha value is -4.62. The van der Waals surface area contributed by atoms with E-state index in [9.17, 15) is 24.1 Å². The fraction of sp³-hybridized carbons (Fsp3) is 0.194. The van der Waals surface area contributed by atoms with Gasteiger partial charge in [-0.3, -0.25) is 19.5 Å². The minimum Gasteiger partial charge on any atom is -0.493 e. The number of carbonyl (C=O) groups excluding carboxylic acids is 1. The Morgan fingerprint density at radius 2 is 1.95 bits per heavy atom. The van der Waals surface area contributed by atoms with Crippen molar-refractivity contribution < 1.29 is 28.3 Å². The number of ether oxygens (including phenoxy) is 3. The number of hydrogen-bond donors (Lipinski definition) is 0. The van der Waals surface area contributed by atoms with E-state index in [4.69, 9.17) is 14.2 Å². The van der Waals surface area contributed by atoms with Crippen LogP contribution in [0.2, 0.25) is 0 Å². The number of halogens is 2. The van der Waals surface area contributed by atoms with Crippen LogP contribution in [0.1, 0.15) is 36.6 Å². The van der Waals surface area contributed by atoms with E-state index < -0.39 is 22.5 Å². The average Bonchev–Trinajstić information content (AvgIpc) is 3.31. The summed E-state index contributed by atoms with van der Waals surface area (Å²) in [6, 6.07) is 14.4. The largest absolute Gasteiger partial charge is 0.493 e. The Labute approximate surface area is 262 Å². The number of aromatic nitrogens is 1. The molecule has 44 heavy (non-hydrogen) atoms. The Morgan fingerprint density at radius 3 is 2.66 bits per heavy atom. The first kappa shape index (κ1) is 30.8. The van der Waals surface area contributed by atoms with E-state index >= 15 is 0 Å². The molecule has 0 fully saturated rings. The van der Waals surface area contributed by atoms with Crippen molar-refractivity contribution in [2.24, 2.45) is 4.99 Å². The summed E-state index contributed by atoms with van der Waals surface area (Å²) >= 11 is 4.63. The third-order valence-corrected chi connectivity index (χ3v) is 8.49. The predicted molar refractivity (Wildman–Crippen MR) is 165 cm³/mol. The number of hydrogen-bond acceptors (Lipinski definition) is 9. The number of benzene rings is 3. The minimum atomic E-state index is -1.00. The zero-order valence-corrected chi connectivity index (χ0v) is 26.1. The maximum atomic E-state index is 14.1. The molecule has 0 spiro atoms. The second-order valence-corrected chi connectivity index (χ2v) is 11.4. The highest BCUT2D eigenvalue weighted by atomic mass is 79.9. The number of nitro groups is 1. The zero-order chi connectivity index (χ0) is 31.5. The van der Waals surface area contributed by atoms with Gasteiger partial charge in [-0.15, -0.1) is 0 Å². The van der Waals surface area contributed by atoms with Gasteiger partial charge >= 0.3 is 5.97 Å². The van der Waals surface area contributed by atoms with E-state index in [1.807, 2.05) is 0 Å². The van der Waals surface area contributed by atoms with Crippen LogP contribution >= 0.6 is 27.3 Å². The van der Waals surface area contributed by atoms with Crippen molar-refractivity contribution in [3.63, 3.8) is 0 Å². The molecule has 0 unspecified atom stereocenters. The predicted octanol–water partition coefficient (Wildman–Crippen LogP) is 5.20. The first-order valence-corrected chi connectivity index (χ1v) is 14.9. The Kier molecular flexibility index (Phi) is 9.06. The summed E-state index contributed by atoms with van der Waals surface area (Å²) < 4.78 is 33.0. The standard InChI is InChI=1S/C31H25BrFN3O7S/c1-4-42-30(38)27-17(2)34-31-35(28(27)18-9-7-10-21(12-18)36(39)40)29(37)26(44-31)14-20-13-24(41-3)25(15-22(20)32)43-16-19-8-5-6-11-23(19)33/h5-15,28H,4,16H2,1-3H3/b26-14+/t28-/m1/s1. The lowest BCUT2D eigenvalue weighted by atomic mass is 9.95. The third kappa shape index (κ3) is 6.06. The molecular formula is C31H25BrFN3O7S. The minimum absolute atomic E-state index is 0.0206. The topological polar surface area (TPSA) is 122 Å². The molecule has 0 N–H and O–H groups in total. The molecule has 0 aliphatic carbocycles. The number of allylic oxidation sites excluding steroid dienone is 1. The van der Waals surface area contributed by atoms with E-state index in [2.05, 4.69) is 20.9 Å². The van der Waals surface area contributed by atoms with Crippen LogP contribution in [0.5, 0.6) is 11.5 Å². The van der Waals surface area contributed by atoms with Gasteiger partial charge in [-0.1, -0.05) is 57.6 Å². The number of nitrogens with zero attached hydrogens (tertiary/aromatic N) is 3. The Morgan fingerprint density at radius 1 is 1.18 bits per heavy atom. The maximum absolute atomic E-state index is 14.1. The van der Waals surface area contributed by atoms with Gasteiger partial charge in [-0.05, 0) is 49.2 Å². The fourth-order valence-electron chi connectivity index (χ4n) is 4.76. The molecule has 5 rings (SSSR count). The number of methoxy groups -OCH3 is 1. The Bertz CT molecular complexity index is 2000. The summed E-state index contributed by atoms with van der Waals surface area (Å²) in [7, 11) is 1.47. The van der Waals surface area contributed by atoms with E-state index in [0.29, 0.717) is 47.7 Å². The highest BCUT2D eigenvalue weighted by Gasteiger charge is 2.34. The summed E-state index contributed by atoms with van der Waals surface area (Å²) in [6.07, 6.45) is 1.64. The van der Waals surface area contributed by atoms with E-state index in [1.165, 1.54) is 35.9 Å². The van der Waals surface area contributed by atoms with Crippen LogP contribution in [0.15, 0.2) is 86.2 Å². The number of esters is 1. The van der Waals surface area contributed by atoms with Crippen molar-refractivity contribution in [3.8, 4) is 11.5 Å². The first-order chi connectivity index (χ1) is 21.1. The van der Waals surface area contributed by atoms with Crippen LogP contribution in [0, 0.1) is 15.9 Å². The summed E-state index contributed by atoms with van der Waals surface area (Å²) in [6.45, 7) is 3.37. The quantitative estimate of drug-likeness (QED) is 0.135. The molecule has 10 nitrogen and oxygen atoms in total. The van der Waals surface area contributed by atoms with Gasteiger partial charge in [0.25, 0.3) is 11.2 Å². The lowest BCUT2D eigenvalue weighted by Crippen LogP contribution is -2.40. The second-order valence-electron chi connectivity index (χ2n) is 9.56. The van der Waals surface area contributed by atoms with Crippen molar-refractivity contribution in [1.82, 2.24) is 4.57 Å². The smallest absolute Gasteiger partial charge is 0.338 e. The maximum Gasteiger partial charge on any atom is 0.338 e. The molecule has 1 aliphatic rings. The van der Waals surface area contributed by atoms with E-state index in [1.54, 1.807) is 56.3 Å². The number of nitro benzene ring substituents is 1. The first-order valence-electron chi connectivity index (χ1n) is 13.3. The van der Waals surface area contributed by atoms with Crippen molar-refractivity contribution in [2.45, 2.75) is 26.5 Å². The van der Waals surface area contributed by atoms with Gasteiger partial charge in [0, 0.05) is 22.2 Å². The molecule has 0 amide bonds. The van der Waals surface area contributed by atoms with Crippen molar-refractivity contribution in [3.05, 3.63) is 129 Å². The molecule has 0 saturated carbocycles. The molecule has 0 radical (unpaired) electrons. The van der Waals surface area contributed by atoms with E-state index in [0.717, 1.165) is 11.3 Å². The van der Waals surface area contributed by atoms with Gasteiger partial charge in [0.05, 0.1) is 40.5 Å². The lowest BCUT2D eigenvalue weighted by Gasteiger charge is -2.24. The molecule has 2 heterocycles. The summed E-state index contributed by atoms with van der Waals surface area (Å²) in [5.41, 5.74) is 1.15. The van der Waals surface area contributed by atoms with Crippen LogP contribution in [-0.2, 0) is 16.1 Å². The monoisotopic (exact) mass is 681 g/mol. The molecule has 0 saturated heterocycles. The molecular weight excluding hydrogens is 657 g/mol. The van der Waals surface area contributed by atoms with Crippen molar-refractivity contribution in [2.75, 3.05) is 13.7 Å². The molecule has 4 aromatic rings. The molecule has 1 atom stereocenters. The van der Waals surface area contributed by atoms with Gasteiger partial charge in [0.1, 0.15) is 12.4 Å². The number of fused-ring (bicyclic) bond motifs is 1. The summed E-state index contributed by atoms with van der Waals surface area (Å²) in [4.78, 5) is 42.9. The van der Waals surface area contributed by atoms with E-state index in [-0.39, 0.29) is 30.3 Å². The normalized spacial score (nSPS) is 14.6. The average molecular weight is 683 g/mol. The molecule has 3 aromatic carbocycles. The van der Waals surface area contributed by atoms with Crippen LogP contribution < -0.4 is 24.4 Å². The zero-order valence-electron chi connectivity index (χ0n) is 23.7. The number of carbonyl (C=O) groups is 1. The number of thiazole rings is 1. The van der Waals surface area contributed by atoms with Crippen LogP contribution in [0.3, 0.4) is 0 Å². The van der Waals surface area contributed by atoms with Gasteiger partial charge in [-0.25, -0.2) is 14.2 Å². The molecule has 0 bridgehead atoms. The van der Waals surface area contributed by atoms with Crippen molar-refractivity contribution in [1.29, 1.82) is 0 Å². The van der Waals surface area contributed by atoms with Gasteiger partial charge in [0.2, 0.25) is 0 Å². The van der Waals surface area contributed by atoms with Gasteiger partial charge in [0.15, 0.2) is 16.3 Å².